The van der Waals surface area contributed by atoms with Crippen LogP contribution in [-0.4, -0.2) is 28.9 Å². The molecule has 2 aliphatic heterocycles. The van der Waals surface area contributed by atoms with E-state index in [4.69, 9.17) is 4.74 Å². The number of benzene rings is 2. The maximum absolute atomic E-state index is 13.2. The number of carbonyl (C=O) groups is 2. The first-order chi connectivity index (χ1) is 14.7. The standard InChI is InChI=1S/C26H31NO3/c1-2-7-19-12-14-21(15-13-19)25(28)22-16-23-10-6-11-24(17-22)27(23)26(29)30-18-20-8-4-3-5-9-20/h3-5,8-9,12-15,22-24H,2,6-7,10-11,16-18H2,1H3. The van der Waals surface area contributed by atoms with Gasteiger partial charge in [-0.15, -0.1) is 0 Å². The molecule has 2 unspecified atom stereocenters. The number of hydrogen-bond acceptors (Lipinski definition) is 3. The number of rotatable bonds is 6. The lowest BCUT2D eigenvalue weighted by molar-refractivity contribution is 0.00473. The molecule has 2 saturated heterocycles. The molecular formula is C26H31NO3. The number of hydrogen-bond donors (Lipinski definition) is 0. The third-order valence-corrected chi connectivity index (χ3v) is 6.54. The van der Waals surface area contributed by atoms with E-state index in [0.29, 0.717) is 6.61 Å². The molecule has 4 heteroatoms. The van der Waals surface area contributed by atoms with Crippen LogP contribution in [0.4, 0.5) is 4.79 Å². The third-order valence-electron chi connectivity index (χ3n) is 6.54. The minimum Gasteiger partial charge on any atom is -0.445 e. The molecule has 0 radical (unpaired) electrons. The number of ether oxygens (including phenoxy) is 1. The molecule has 0 aliphatic carbocycles. The highest BCUT2D eigenvalue weighted by Crippen LogP contribution is 2.38. The Morgan fingerprint density at radius 3 is 2.23 bits per heavy atom. The van der Waals surface area contributed by atoms with Gasteiger partial charge in [-0.3, -0.25) is 4.79 Å². The minimum atomic E-state index is -0.233. The minimum absolute atomic E-state index is 0.00417. The highest BCUT2D eigenvalue weighted by atomic mass is 16.6. The van der Waals surface area contributed by atoms with Crippen LogP contribution in [0, 0.1) is 5.92 Å². The van der Waals surface area contributed by atoms with E-state index in [2.05, 4.69) is 19.1 Å². The summed E-state index contributed by atoms with van der Waals surface area (Å²) in [6.07, 6.45) is 6.43. The number of Topliss-reactive ketones (excluding diaryl/α,β-unsaturated/α-hetero) is 1. The normalized spacial score (nSPS) is 23.1. The van der Waals surface area contributed by atoms with Crippen molar-refractivity contribution in [2.24, 2.45) is 5.92 Å². The average molecular weight is 406 g/mol. The van der Waals surface area contributed by atoms with Gasteiger partial charge in [0, 0.05) is 23.6 Å². The zero-order chi connectivity index (χ0) is 20.9. The first-order valence-corrected chi connectivity index (χ1v) is 11.3. The van der Waals surface area contributed by atoms with Crippen molar-refractivity contribution in [3.8, 4) is 0 Å². The molecule has 2 heterocycles. The van der Waals surface area contributed by atoms with Crippen LogP contribution >= 0.6 is 0 Å². The molecule has 4 nitrogen and oxygen atoms in total. The largest absolute Gasteiger partial charge is 0.445 e. The molecule has 30 heavy (non-hydrogen) atoms. The van der Waals surface area contributed by atoms with E-state index in [0.717, 1.165) is 56.1 Å². The first-order valence-electron chi connectivity index (χ1n) is 11.3. The molecule has 0 aromatic heterocycles. The fraction of sp³-hybridized carbons (Fsp3) is 0.462. The molecule has 2 atom stereocenters. The summed E-state index contributed by atoms with van der Waals surface area (Å²) in [5.41, 5.74) is 3.08. The fourth-order valence-corrected chi connectivity index (χ4v) is 5.05. The Hall–Kier alpha value is -2.62. The van der Waals surface area contributed by atoms with Crippen molar-refractivity contribution in [1.29, 1.82) is 0 Å². The van der Waals surface area contributed by atoms with Gasteiger partial charge < -0.3 is 9.64 Å². The second-order valence-electron chi connectivity index (χ2n) is 8.67. The van der Waals surface area contributed by atoms with E-state index in [1.165, 1.54) is 5.56 Å². The van der Waals surface area contributed by atoms with Gasteiger partial charge in [0.1, 0.15) is 6.61 Å². The number of aryl methyl sites for hydroxylation is 1. The third kappa shape index (κ3) is 4.58. The lowest BCUT2D eigenvalue weighted by Crippen LogP contribution is -2.55. The maximum Gasteiger partial charge on any atom is 0.410 e. The van der Waals surface area contributed by atoms with Crippen molar-refractivity contribution in [3.63, 3.8) is 0 Å². The lowest BCUT2D eigenvalue weighted by atomic mass is 9.76. The molecule has 1 amide bonds. The SMILES string of the molecule is CCCc1ccc(C(=O)C2CC3CCCC(C2)N3C(=O)OCc2ccccc2)cc1. The van der Waals surface area contributed by atoms with Gasteiger partial charge in [0.05, 0.1) is 0 Å². The molecule has 2 aromatic rings. The van der Waals surface area contributed by atoms with Crippen LogP contribution in [0.5, 0.6) is 0 Å². The Bertz CT molecular complexity index is 848. The van der Waals surface area contributed by atoms with Gasteiger partial charge in [0.25, 0.3) is 0 Å². The van der Waals surface area contributed by atoms with E-state index >= 15 is 0 Å². The topological polar surface area (TPSA) is 46.6 Å². The summed E-state index contributed by atoms with van der Waals surface area (Å²) < 4.78 is 5.62. The Balaban J connectivity index is 1.40. The Kier molecular flexibility index (Phi) is 6.51. The quantitative estimate of drug-likeness (QED) is 0.571. The molecule has 4 rings (SSSR count). The fourth-order valence-electron chi connectivity index (χ4n) is 5.05. The molecule has 2 aromatic carbocycles. The summed E-state index contributed by atoms with van der Waals surface area (Å²) in [7, 11) is 0. The monoisotopic (exact) mass is 405 g/mol. The van der Waals surface area contributed by atoms with Crippen molar-refractivity contribution < 1.29 is 14.3 Å². The lowest BCUT2D eigenvalue weighted by Gasteiger charge is -2.47. The molecule has 2 bridgehead atoms. The van der Waals surface area contributed by atoms with E-state index in [1.807, 2.05) is 47.4 Å². The van der Waals surface area contributed by atoms with E-state index in [-0.39, 0.29) is 29.9 Å². The van der Waals surface area contributed by atoms with Crippen LogP contribution in [-0.2, 0) is 17.8 Å². The highest BCUT2D eigenvalue weighted by molar-refractivity contribution is 5.98. The van der Waals surface area contributed by atoms with Gasteiger partial charge in [-0.05, 0) is 49.7 Å². The van der Waals surface area contributed by atoms with Crippen LogP contribution in [0.15, 0.2) is 54.6 Å². The Morgan fingerprint density at radius 1 is 0.933 bits per heavy atom. The Morgan fingerprint density at radius 2 is 1.60 bits per heavy atom. The molecule has 158 valence electrons. The van der Waals surface area contributed by atoms with Crippen LogP contribution in [0.2, 0.25) is 0 Å². The highest BCUT2D eigenvalue weighted by Gasteiger charge is 2.43. The predicted molar refractivity (Wildman–Crippen MR) is 117 cm³/mol. The van der Waals surface area contributed by atoms with Crippen molar-refractivity contribution >= 4 is 11.9 Å². The molecule has 2 fully saturated rings. The number of piperidine rings is 2. The van der Waals surface area contributed by atoms with Crippen LogP contribution in [0.25, 0.3) is 0 Å². The van der Waals surface area contributed by atoms with Crippen LogP contribution in [0.3, 0.4) is 0 Å². The zero-order valence-electron chi connectivity index (χ0n) is 17.8. The van der Waals surface area contributed by atoms with Gasteiger partial charge in [-0.1, -0.05) is 67.9 Å². The average Bonchev–Trinajstić information content (AvgIpc) is 2.77. The van der Waals surface area contributed by atoms with Gasteiger partial charge in [-0.25, -0.2) is 4.79 Å². The summed E-state index contributed by atoms with van der Waals surface area (Å²) in [6.45, 7) is 2.46. The summed E-state index contributed by atoms with van der Waals surface area (Å²) in [5.74, 6) is 0.225. The van der Waals surface area contributed by atoms with Gasteiger partial charge in [0.15, 0.2) is 5.78 Å². The van der Waals surface area contributed by atoms with E-state index < -0.39 is 0 Å². The molecule has 0 N–H and O–H groups in total. The van der Waals surface area contributed by atoms with Crippen LogP contribution in [0.1, 0.15) is 66.9 Å². The van der Waals surface area contributed by atoms with Crippen molar-refractivity contribution in [3.05, 3.63) is 71.3 Å². The number of nitrogens with zero attached hydrogens (tertiary/aromatic N) is 1. The number of ketones is 1. The second-order valence-corrected chi connectivity index (χ2v) is 8.67. The second kappa shape index (κ2) is 9.46. The van der Waals surface area contributed by atoms with Gasteiger partial charge in [-0.2, -0.15) is 0 Å². The van der Waals surface area contributed by atoms with Crippen LogP contribution < -0.4 is 0 Å². The van der Waals surface area contributed by atoms with E-state index in [9.17, 15) is 9.59 Å². The summed E-state index contributed by atoms with van der Waals surface area (Å²) in [5, 5.41) is 0. The smallest absolute Gasteiger partial charge is 0.410 e. The molecule has 0 saturated carbocycles. The number of amides is 1. The maximum atomic E-state index is 13.2. The zero-order valence-corrected chi connectivity index (χ0v) is 17.8. The summed E-state index contributed by atoms with van der Waals surface area (Å²) in [6, 6.07) is 18.1. The Labute approximate surface area is 179 Å². The predicted octanol–water partition coefficient (Wildman–Crippen LogP) is 5.79. The van der Waals surface area contributed by atoms with Crippen molar-refractivity contribution in [2.45, 2.75) is 70.6 Å². The molecule has 2 aliphatic rings. The molecule has 0 spiro atoms. The van der Waals surface area contributed by atoms with Gasteiger partial charge >= 0.3 is 6.09 Å². The summed E-state index contributed by atoms with van der Waals surface area (Å²) >= 11 is 0. The van der Waals surface area contributed by atoms with Crippen molar-refractivity contribution in [2.75, 3.05) is 0 Å². The number of carbonyl (C=O) groups excluding carboxylic acids is 2. The first kappa shape index (κ1) is 20.6. The van der Waals surface area contributed by atoms with Gasteiger partial charge in [0.2, 0.25) is 0 Å². The van der Waals surface area contributed by atoms with Crippen molar-refractivity contribution in [1.82, 2.24) is 4.90 Å². The summed E-state index contributed by atoms with van der Waals surface area (Å²) in [4.78, 5) is 27.9. The number of fused-ring (bicyclic) bond motifs is 2. The molecular weight excluding hydrogens is 374 g/mol. The van der Waals surface area contributed by atoms with E-state index in [1.54, 1.807) is 0 Å².